The lowest BCUT2D eigenvalue weighted by atomic mass is 9.82. The number of thiocarbonyl (C=S) groups is 1. The van der Waals surface area contributed by atoms with Gasteiger partial charge in [0.1, 0.15) is 10.7 Å². The number of β-lactam (4-membered cyclic amide) rings is 1. The maximum Gasteiger partial charge on any atom is 0.352 e. The number of nitrogens with zero attached hydrogens (tertiary/aromatic N) is 1. The van der Waals surface area contributed by atoms with E-state index in [1.165, 1.54) is 16.2 Å². The molecule has 3 rings (SSSR count). The summed E-state index contributed by atoms with van der Waals surface area (Å²) in [5.74, 6) is -2.00. The minimum Gasteiger partial charge on any atom is -0.477 e. The van der Waals surface area contributed by atoms with Gasteiger partial charge in [-0.05, 0) is 24.3 Å². The Kier molecular flexibility index (Phi) is 3.99. The van der Waals surface area contributed by atoms with Crippen molar-refractivity contribution in [3.05, 3.63) is 27.6 Å². The van der Waals surface area contributed by atoms with Crippen LogP contribution < -0.4 is 5.32 Å². The summed E-state index contributed by atoms with van der Waals surface area (Å²) in [6, 6.07) is -0.292. The molecular formula is C15H16N2O4S2. The summed E-state index contributed by atoms with van der Waals surface area (Å²) in [6.45, 7) is 1.56. The van der Waals surface area contributed by atoms with Crippen LogP contribution in [0.1, 0.15) is 24.5 Å². The van der Waals surface area contributed by atoms with E-state index in [1.807, 2.05) is 10.8 Å². The lowest BCUT2D eigenvalue weighted by Gasteiger charge is -2.44. The predicted molar refractivity (Wildman–Crippen MR) is 90.1 cm³/mol. The highest BCUT2D eigenvalue weighted by atomic mass is 32.1. The largest absolute Gasteiger partial charge is 0.477 e. The van der Waals surface area contributed by atoms with Gasteiger partial charge in [-0.1, -0.05) is 12.2 Å². The van der Waals surface area contributed by atoms with Crippen LogP contribution in [0.5, 0.6) is 0 Å². The molecule has 3 heterocycles. The summed E-state index contributed by atoms with van der Waals surface area (Å²) in [4.78, 5) is 25.8. The van der Waals surface area contributed by atoms with Gasteiger partial charge in [0.25, 0.3) is 0 Å². The van der Waals surface area contributed by atoms with Gasteiger partial charge in [0.05, 0.1) is 18.1 Å². The zero-order valence-electron chi connectivity index (χ0n) is 12.6. The topological polar surface area (TPSA) is 89.9 Å². The molecule has 2 aliphatic rings. The number of carbonyl (C=O) groups is 2. The number of aliphatic hydroxyl groups excluding tert-OH is 1. The Bertz CT molecular complexity index is 738. The van der Waals surface area contributed by atoms with Gasteiger partial charge in [-0.2, -0.15) is 11.3 Å². The molecule has 2 aliphatic heterocycles. The van der Waals surface area contributed by atoms with Crippen molar-refractivity contribution in [3.8, 4) is 0 Å². The first kappa shape index (κ1) is 16.1. The van der Waals surface area contributed by atoms with Crippen molar-refractivity contribution in [1.82, 2.24) is 10.2 Å². The van der Waals surface area contributed by atoms with Crippen LogP contribution in [0.25, 0.3) is 5.57 Å². The number of fused-ring (bicyclic) bond motifs is 1. The molecule has 1 aromatic rings. The van der Waals surface area contributed by atoms with E-state index < -0.39 is 18.0 Å². The molecule has 1 saturated heterocycles. The molecule has 0 aliphatic carbocycles. The smallest absolute Gasteiger partial charge is 0.352 e. The minimum atomic E-state index is -1.13. The van der Waals surface area contributed by atoms with Crippen LogP contribution in [-0.4, -0.2) is 51.2 Å². The quantitative estimate of drug-likeness (QED) is 0.554. The third kappa shape index (κ3) is 2.29. The van der Waals surface area contributed by atoms with Gasteiger partial charge < -0.3 is 20.4 Å². The molecule has 0 radical (unpaired) electrons. The van der Waals surface area contributed by atoms with Crippen molar-refractivity contribution in [1.29, 1.82) is 0 Å². The fourth-order valence-corrected chi connectivity index (χ4v) is 4.45. The monoisotopic (exact) mass is 352 g/mol. The molecule has 6 nitrogen and oxygen atoms in total. The molecule has 8 heteroatoms. The molecule has 0 spiro atoms. The highest BCUT2D eigenvalue weighted by Gasteiger charge is 2.56. The molecule has 3 atom stereocenters. The molecular weight excluding hydrogens is 336 g/mol. The summed E-state index contributed by atoms with van der Waals surface area (Å²) in [7, 11) is 1.71. The van der Waals surface area contributed by atoms with Crippen LogP contribution in [0.2, 0.25) is 0 Å². The molecule has 1 amide bonds. The molecule has 1 fully saturated rings. The van der Waals surface area contributed by atoms with Crippen molar-refractivity contribution in [2.24, 2.45) is 5.92 Å². The standard InChI is InChI=1S/C15H16N2O4S2/c1-6(18)11-10-3-7(12(15(20)21)17(10)14(11)19)8-4-23-5-9(8)13(22)16-2/h4-6,10-11,18H,3H2,1-2H3,(H,16,22)(H,20,21). The summed E-state index contributed by atoms with van der Waals surface area (Å²) in [5.41, 5.74) is 2.13. The number of aliphatic hydroxyl groups is 1. The number of amides is 1. The van der Waals surface area contributed by atoms with Gasteiger partial charge in [-0.3, -0.25) is 4.79 Å². The van der Waals surface area contributed by atoms with Crippen LogP contribution in [0.3, 0.4) is 0 Å². The van der Waals surface area contributed by atoms with E-state index in [2.05, 4.69) is 5.32 Å². The van der Waals surface area contributed by atoms with Crippen molar-refractivity contribution in [2.75, 3.05) is 7.05 Å². The van der Waals surface area contributed by atoms with Crippen LogP contribution in [-0.2, 0) is 9.59 Å². The van der Waals surface area contributed by atoms with Crippen molar-refractivity contribution < 1.29 is 19.8 Å². The van der Waals surface area contributed by atoms with Gasteiger partial charge in [-0.15, -0.1) is 0 Å². The van der Waals surface area contributed by atoms with Crippen LogP contribution >= 0.6 is 23.6 Å². The first-order valence-corrected chi connectivity index (χ1v) is 8.49. The second-order valence-electron chi connectivity index (χ2n) is 5.66. The molecule has 3 unspecified atom stereocenters. The van der Waals surface area contributed by atoms with E-state index in [9.17, 15) is 19.8 Å². The lowest BCUT2D eigenvalue weighted by Crippen LogP contribution is -2.61. The number of carboxylic acid groups (broad SMARTS) is 1. The Morgan fingerprint density at radius 1 is 1.52 bits per heavy atom. The zero-order valence-corrected chi connectivity index (χ0v) is 14.2. The Hall–Kier alpha value is -1.77. The number of aliphatic carboxylic acids is 1. The maximum absolute atomic E-state index is 12.2. The number of hydrogen-bond donors (Lipinski definition) is 3. The Morgan fingerprint density at radius 2 is 2.22 bits per heavy atom. The average molecular weight is 352 g/mol. The van der Waals surface area contributed by atoms with Crippen LogP contribution in [0.4, 0.5) is 0 Å². The third-order valence-corrected chi connectivity index (χ3v) is 5.56. The molecule has 0 saturated carbocycles. The zero-order chi connectivity index (χ0) is 16.9. The van der Waals surface area contributed by atoms with E-state index >= 15 is 0 Å². The number of hydrogen-bond acceptors (Lipinski definition) is 5. The van der Waals surface area contributed by atoms with Crippen LogP contribution in [0.15, 0.2) is 16.5 Å². The fourth-order valence-electron chi connectivity index (χ4n) is 3.35. The maximum atomic E-state index is 12.2. The Morgan fingerprint density at radius 3 is 2.78 bits per heavy atom. The van der Waals surface area contributed by atoms with Gasteiger partial charge in [0.2, 0.25) is 5.91 Å². The second-order valence-corrected chi connectivity index (χ2v) is 6.81. The summed E-state index contributed by atoms with van der Waals surface area (Å²) >= 11 is 6.70. The normalized spacial score (nSPS) is 24.3. The molecule has 1 aromatic heterocycles. The SMILES string of the molecule is CNC(=S)c1cscc1C1=C(C(=O)O)N2C(=O)C(C(C)O)C2C1. The molecule has 23 heavy (non-hydrogen) atoms. The number of rotatable bonds is 4. The Balaban J connectivity index is 2.06. The minimum absolute atomic E-state index is 0.00968. The number of thiophene rings is 1. The Labute approximate surface area is 142 Å². The molecule has 122 valence electrons. The number of carboxylic acids is 1. The number of carbonyl (C=O) groups excluding carboxylic acids is 1. The average Bonchev–Trinajstić information content (AvgIpc) is 3.07. The first-order valence-electron chi connectivity index (χ1n) is 7.14. The van der Waals surface area contributed by atoms with Gasteiger partial charge >= 0.3 is 5.97 Å². The summed E-state index contributed by atoms with van der Waals surface area (Å²) in [5, 5.41) is 26.0. The lowest BCUT2D eigenvalue weighted by molar-refractivity contribution is -0.161. The first-order chi connectivity index (χ1) is 10.9. The molecule has 0 bridgehead atoms. The molecule has 3 N–H and O–H groups in total. The van der Waals surface area contributed by atoms with E-state index in [1.54, 1.807) is 14.0 Å². The third-order valence-electron chi connectivity index (χ3n) is 4.39. The van der Waals surface area contributed by atoms with E-state index in [4.69, 9.17) is 12.2 Å². The van der Waals surface area contributed by atoms with Gasteiger partial charge in [0, 0.05) is 23.6 Å². The highest BCUT2D eigenvalue weighted by Crippen LogP contribution is 2.47. The van der Waals surface area contributed by atoms with Crippen molar-refractivity contribution >= 4 is 46.0 Å². The van der Waals surface area contributed by atoms with Crippen molar-refractivity contribution in [2.45, 2.75) is 25.5 Å². The highest BCUT2D eigenvalue weighted by molar-refractivity contribution is 7.80. The summed E-state index contributed by atoms with van der Waals surface area (Å²) in [6.07, 6.45) is -0.377. The fraction of sp³-hybridized carbons (Fsp3) is 0.400. The van der Waals surface area contributed by atoms with Gasteiger partial charge in [-0.25, -0.2) is 4.79 Å². The summed E-state index contributed by atoms with van der Waals surface area (Å²) < 4.78 is 0. The van der Waals surface area contributed by atoms with E-state index in [-0.39, 0.29) is 17.6 Å². The van der Waals surface area contributed by atoms with Crippen molar-refractivity contribution in [3.63, 3.8) is 0 Å². The molecule has 0 aromatic carbocycles. The van der Waals surface area contributed by atoms with Gasteiger partial charge in [0.15, 0.2) is 0 Å². The van der Waals surface area contributed by atoms with E-state index in [0.717, 1.165) is 11.1 Å². The van der Waals surface area contributed by atoms with Crippen LogP contribution in [0, 0.1) is 5.92 Å². The van der Waals surface area contributed by atoms with E-state index in [0.29, 0.717) is 17.0 Å². The number of nitrogens with one attached hydrogen (secondary N) is 1. The predicted octanol–water partition coefficient (Wildman–Crippen LogP) is 1.05. The second kappa shape index (κ2) is 5.70.